The van der Waals surface area contributed by atoms with Crippen LogP contribution in [0.25, 0.3) is 16.6 Å². The summed E-state index contributed by atoms with van der Waals surface area (Å²) in [6, 6.07) is 16.8. The second kappa shape index (κ2) is 15.2. The third-order valence-electron chi connectivity index (χ3n) is 7.80. The third-order valence-corrected chi connectivity index (χ3v) is 8.44. The average Bonchev–Trinajstić information content (AvgIpc) is 3.42. The smallest absolute Gasteiger partial charge is 0.420 e. The summed E-state index contributed by atoms with van der Waals surface area (Å²) in [6.07, 6.45) is 8.96. The van der Waals surface area contributed by atoms with Crippen molar-refractivity contribution in [3.05, 3.63) is 72.1 Å². The topological polar surface area (TPSA) is 85.7 Å². The summed E-state index contributed by atoms with van der Waals surface area (Å²) in [5.74, 6) is 0.282. The van der Waals surface area contributed by atoms with Crippen molar-refractivity contribution in [2.75, 3.05) is 26.0 Å². The maximum atomic E-state index is 12.6. The fraction of sp³-hybridized carbons (Fsp3) is 0.529. The van der Waals surface area contributed by atoms with Gasteiger partial charge >= 0.3 is 6.09 Å². The molecule has 1 aliphatic heterocycles. The number of nitrogens with one attached hydrogen (secondary N) is 1. The monoisotopic (exact) mass is 608 g/mol. The van der Waals surface area contributed by atoms with Crippen molar-refractivity contribution in [1.29, 1.82) is 0 Å². The molecule has 2 aromatic carbocycles. The van der Waals surface area contributed by atoms with Crippen molar-refractivity contribution in [3.63, 3.8) is 0 Å². The Balaban J connectivity index is 0.00000207. The van der Waals surface area contributed by atoms with Crippen molar-refractivity contribution >= 4 is 33.7 Å². The van der Waals surface area contributed by atoms with Gasteiger partial charge in [-0.2, -0.15) is 0 Å². The maximum Gasteiger partial charge on any atom is 0.420 e. The summed E-state index contributed by atoms with van der Waals surface area (Å²) >= 11 is 0. The van der Waals surface area contributed by atoms with Crippen LogP contribution in [-0.4, -0.2) is 68.5 Å². The Bertz CT molecular complexity index is 1400. The van der Waals surface area contributed by atoms with Crippen LogP contribution >= 0.6 is 0 Å². The molecule has 1 saturated heterocycles. The Morgan fingerprint density at radius 1 is 1.12 bits per heavy atom. The zero-order valence-electron chi connectivity index (χ0n) is 26.5. The zero-order chi connectivity index (χ0) is 31.0. The lowest BCUT2D eigenvalue weighted by Gasteiger charge is -2.39. The molecule has 4 unspecified atom stereocenters. The summed E-state index contributed by atoms with van der Waals surface area (Å²) in [5, 5.41) is 0. The van der Waals surface area contributed by atoms with Crippen LogP contribution in [0.4, 0.5) is 4.79 Å². The van der Waals surface area contributed by atoms with Gasteiger partial charge in [0.25, 0.3) is 0 Å². The molecule has 8 nitrogen and oxygen atoms in total. The lowest BCUT2D eigenvalue weighted by atomic mass is 9.91. The second-order valence-electron chi connectivity index (χ2n) is 12.2. The van der Waals surface area contributed by atoms with Crippen LogP contribution in [0.3, 0.4) is 0 Å². The van der Waals surface area contributed by atoms with Crippen molar-refractivity contribution in [2.24, 2.45) is 5.92 Å². The predicted molar refractivity (Wildman–Crippen MR) is 175 cm³/mol. The molecule has 0 saturated carbocycles. The van der Waals surface area contributed by atoms with Gasteiger partial charge in [0.05, 0.1) is 34.7 Å². The highest BCUT2D eigenvalue weighted by Gasteiger charge is 2.31. The molecule has 0 bridgehead atoms. The normalized spacial score (nSPS) is 21.9. The van der Waals surface area contributed by atoms with Gasteiger partial charge in [-0.1, -0.05) is 56.3 Å². The number of carbonyl (C=O) groups excluding carboxylic acids is 1. The fourth-order valence-electron chi connectivity index (χ4n) is 5.78. The van der Waals surface area contributed by atoms with Crippen LogP contribution in [-0.2, 0) is 27.0 Å². The van der Waals surface area contributed by atoms with E-state index in [2.05, 4.69) is 57.1 Å². The summed E-state index contributed by atoms with van der Waals surface area (Å²) in [4.78, 5) is 19.5. The van der Waals surface area contributed by atoms with Crippen molar-refractivity contribution in [2.45, 2.75) is 84.6 Å². The Morgan fingerprint density at radius 2 is 1.88 bits per heavy atom. The van der Waals surface area contributed by atoms with E-state index in [0.717, 1.165) is 61.9 Å². The Kier molecular flexibility index (Phi) is 11.7. The molecule has 1 N–H and O–H groups in total. The van der Waals surface area contributed by atoms with E-state index in [-0.39, 0.29) is 18.1 Å². The van der Waals surface area contributed by atoms with Crippen LogP contribution in [0.15, 0.2) is 60.9 Å². The van der Waals surface area contributed by atoms with Gasteiger partial charge in [0.15, 0.2) is 0 Å². The Labute approximate surface area is 259 Å². The SMILES string of the molecule is CC.CS(=O)NC1CCN(Cc2ccccc2)CC1COC1CC=C(c2ccc3c(c2)ncn3C(=O)OC(C)(C)C)CC1. The first-order valence-electron chi connectivity index (χ1n) is 15.5. The number of allylic oxidation sites excluding steroid dienone is 1. The molecule has 43 heavy (non-hydrogen) atoms. The molecule has 2 heterocycles. The highest BCUT2D eigenvalue weighted by molar-refractivity contribution is 7.82. The number of nitrogens with zero attached hydrogens (tertiary/aromatic N) is 3. The lowest BCUT2D eigenvalue weighted by Crippen LogP contribution is -2.51. The molecule has 9 heteroatoms. The molecule has 1 aromatic heterocycles. The molecule has 0 radical (unpaired) electrons. The molecule has 5 rings (SSSR count). The van der Waals surface area contributed by atoms with Crippen molar-refractivity contribution in [1.82, 2.24) is 19.2 Å². The minimum atomic E-state index is -1.05. The minimum absolute atomic E-state index is 0.172. The van der Waals surface area contributed by atoms with Crippen molar-refractivity contribution < 1.29 is 18.5 Å². The summed E-state index contributed by atoms with van der Waals surface area (Å²) in [7, 11) is -1.05. The Morgan fingerprint density at radius 3 is 2.56 bits per heavy atom. The van der Waals surface area contributed by atoms with Crippen LogP contribution < -0.4 is 4.72 Å². The van der Waals surface area contributed by atoms with Gasteiger partial charge < -0.3 is 9.47 Å². The van der Waals surface area contributed by atoms with Gasteiger partial charge in [0.2, 0.25) is 0 Å². The molecule has 3 aromatic rings. The van der Waals surface area contributed by atoms with E-state index in [0.29, 0.717) is 6.61 Å². The number of fused-ring (bicyclic) bond motifs is 1. The van der Waals surface area contributed by atoms with Gasteiger partial charge in [0.1, 0.15) is 11.9 Å². The summed E-state index contributed by atoms with van der Waals surface area (Å²) in [5.41, 5.74) is 4.68. The number of hydrogen-bond acceptors (Lipinski definition) is 6. The lowest BCUT2D eigenvalue weighted by molar-refractivity contribution is -0.00324. The van der Waals surface area contributed by atoms with E-state index in [4.69, 9.17) is 9.47 Å². The Hall–Kier alpha value is -2.85. The van der Waals surface area contributed by atoms with Crippen LogP contribution in [0.5, 0.6) is 0 Å². The molecule has 1 fully saturated rings. The first kappa shape index (κ1) is 33.1. The number of carbonyl (C=O) groups is 1. The van der Waals surface area contributed by atoms with Gasteiger partial charge in [-0.3, -0.25) is 4.90 Å². The highest BCUT2D eigenvalue weighted by atomic mass is 32.2. The molecule has 234 valence electrons. The predicted octanol–water partition coefficient (Wildman–Crippen LogP) is 6.57. The summed E-state index contributed by atoms with van der Waals surface area (Å²) < 4.78 is 28.7. The standard InChI is InChI=1S/C32H42N4O4S.C2H6/c1-32(2,3)40-31(37)36-22-33-29-18-25(12-15-30(29)36)24-10-13-27(14-11-24)39-21-26-20-35(17-16-28(26)34-41(4)38)19-23-8-6-5-7-9-23;1-2/h5-10,12,15,18,22,26-28,34H,11,13-14,16-17,19-21H2,1-4H3;1-2H3. The first-order chi connectivity index (χ1) is 20.6. The van der Waals surface area contributed by atoms with Gasteiger partial charge in [0, 0.05) is 37.8 Å². The van der Waals surface area contributed by atoms with E-state index in [1.807, 2.05) is 46.8 Å². The molecule has 0 spiro atoms. The number of likely N-dealkylation sites (tertiary alicyclic amines) is 1. The van der Waals surface area contributed by atoms with Gasteiger partial charge in [-0.05, 0) is 75.3 Å². The third kappa shape index (κ3) is 9.32. The van der Waals surface area contributed by atoms with Crippen LogP contribution in [0.1, 0.15) is 71.4 Å². The fourth-order valence-corrected chi connectivity index (χ4v) is 6.52. The number of hydrogen-bond donors (Lipinski definition) is 1. The van der Waals surface area contributed by atoms with E-state index < -0.39 is 22.7 Å². The summed E-state index contributed by atoms with van der Waals surface area (Å²) in [6.45, 7) is 13.0. The zero-order valence-corrected chi connectivity index (χ0v) is 27.4. The molecule has 2 aliphatic rings. The van der Waals surface area contributed by atoms with E-state index >= 15 is 0 Å². The van der Waals surface area contributed by atoms with Gasteiger partial charge in [-0.15, -0.1) is 0 Å². The number of benzene rings is 2. The minimum Gasteiger partial charge on any atom is -0.443 e. The van der Waals surface area contributed by atoms with Crippen LogP contribution in [0.2, 0.25) is 0 Å². The number of aromatic nitrogens is 2. The highest BCUT2D eigenvalue weighted by Crippen LogP contribution is 2.31. The quantitative estimate of drug-likeness (QED) is 0.311. The molecular weight excluding hydrogens is 560 g/mol. The number of ether oxygens (including phenoxy) is 2. The molecule has 0 amide bonds. The number of rotatable bonds is 8. The van der Waals surface area contributed by atoms with E-state index in [1.54, 1.807) is 6.26 Å². The van der Waals surface area contributed by atoms with Gasteiger partial charge in [-0.25, -0.2) is 23.3 Å². The largest absolute Gasteiger partial charge is 0.443 e. The first-order valence-corrected chi connectivity index (χ1v) is 17.1. The molecule has 4 atom stereocenters. The number of imidazole rings is 1. The van der Waals surface area contributed by atoms with Crippen LogP contribution in [0, 0.1) is 5.92 Å². The van der Waals surface area contributed by atoms with E-state index in [1.165, 1.54) is 22.0 Å². The van der Waals surface area contributed by atoms with Crippen molar-refractivity contribution in [3.8, 4) is 0 Å². The van der Waals surface area contributed by atoms with E-state index in [9.17, 15) is 9.00 Å². The molecular formula is C34H48N4O4S. The second-order valence-corrected chi connectivity index (χ2v) is 13.3. The number of piperidine rings is 1. The molecule has 1 aliphatic carbocycles. The maximum absolute atomic E-state index is 12.6. The average molecular weight is 609 g/mol.